The van der Waals surface area contributed by atoms with Crippen molar-refractivity contribution in [2.24, 2.45) is 28.1 Å². The number of hydrogen-bond donors (Lipinski definition) is 9. The first-order valence-corrected chi connectivity index (χ1v) is 13.7. The Morgan fingerprint density at radius 2 is 1.62 bits per heavy atom. The Morgan fingerprint density at radius 3 is 2.25 bits per heavy atom. The van der Waals surface area contributed by atoms with E-state index in [1.165, 1.54) is 0 Å². The van der Waals surface area contributed by atoms with Crippen LogP contribution in [0.4, 0.5) is 0 Å². The number of nitrogens with one attached hydrogen (secondary N) is 4. The highest BCUT2D eigenvalue weighted by atomic mass is 32.1. The van der Waals surface area contributed by atoms with Crippen molar-refractivity contribution in [3.63, 3.8) is 0 Å². The van der Waals surface area contributed by atoms with E-state index in [1.807, 2.05) is 38.1 Å². The Labute approximate surface area is 238 Å². The number of fused-ring (bicyclic) bond motifs is 1. The van der Waals surface area contributed by atoms with E-state index in [1.54, 1.807) is 6.20 Å². The normalized spacial score (nSPS) is 14.1. The van der Waals surface area contributed by atoms with Gasteiger partial charge in [-0.3, -0.25) is 19.4 Å². The zero-order valence-corrected chi connectivity index (χ0v) is 23.6. The second-order valence-electron chi connectivity index (χ2n) is 9.95. The number of carboxylic acids is 1. The molecule has 0 aliphatic heterocycles. The smallest absolute Gasteiger partial charge is 0.327 e. The number of aromatic nitrogens is 1. The SMILES string of the molecule is CC(C)CC(NC(=O)C(CCCN=C(N)N)NC(=O)C(N)Cc1c[nH]c2ccccc12)C(=O)NC(CS)C(=O)O. The van der Waals surface area contributed by atoms with Gasteiger partial charge in [0.05, 0.1) is 6.04 Å². The molecule has 40 heavy (non-hydrogen) atoms. The zero-order valence-electron chi connectivity index (χ0n) is 22.7. The fourth-order valence-corrected chi connectivity index (χ4v) is 4.36. The molecule has 2 aromatic rings. The van der Waals surface area contributed by atoms with Gasteiger partial charge in [-0.1, -0.05) is 32.0 Å². The van der Waals surface area contributed by atoms with Gasteiger partial charge in [0.25, 0.3) is 0 Å². The summed E-state index contributed by atoms with van der Waals surface area (Å²) in [5, 5.41) is 18.0. The molecule has 220 valence electrons. The molecule has 0 radical (unpaired) electrons. The highest BCUT2D eigenvalue weighted by Crippen LogP contribution is 2.19. The maximum Gasteiger partial charge on any atom is 0.327 e. The van der Waals surface area contributed by atoms with Crippen molar-refractivity contribution < 1.29 is 24.3 Å². The number of aliphatic carboxylic acids is 1. The topological polar surface area (TPSA) is 231 Å². The van der Waals surface area contributed by atoms with E-state index in [0.29, 0.717) is 6.42 Å². The third-order valence-electron chi connectivity index (χ3n) is 6.17. The highest BCUT2D eigenvalue weighted by molar-refractivity contribution is 7.80. The molecule has 13 nitrogen and oxygen atoms in total. The largest absolute Gasteiger partial charge is 0.480 e. The van der Waals surface area contributed by atoms with E-state index in [0.717, 1.165) is 16.5 Å². The molecule has 1 aromatic carbocycles. The monoisotopic (exact) mass is 576 g/mol. The van der Waals surface area contributed by atoms with Crippen LogP contribution >= 0.6 is 12.6 Å². The van der Waals surface area contributed by atoms with Gasteiger partial charge in [-0.2, -0.15) is 12.6 Å². The van der Waals surface area contributed by atoms with Crippen LogP contribution in [0.2, 0.25) is 0 Å². The molecule has 1 aromatic heterocycles. The number of carbonyl (C=O) groups is 4. The molecule has 0 bridgehead atoms. The number of amides is 3. The number of rotatable bonds is 16. The summed E-state index contributed by atoms with van der Waals surface area (Å²) < 4.78 is 0. The highest BCUT2D eigenvalue weighted by Gasteiger charge is 2.30. The summed E-state index contributed by atoms with van der Waals surface area (Å²) in [5.74, 6) is -3.29. The van der Waals surface area contributed by atoms with E-state index in [9.17, 15) is 24.3 Å². The molecule has 14 heteroatoms. The van der Waals surface area contributed by atoms with Gasteiger partial charge in [-0.15, -0.1) is 0 Å². The molecule has 4 atom stereocenters. The molecule has 4 unspecified atom stereocenters. The van der Waals surface area contributed by atoms with Crippen LogP contribution in [0.3, 0.4) is 0 Å². The summed E-state index contributed by atoms with van der Waals surface area (Å²) in [6.45, 7) is 3.94. The number of carbonyl (C=O) groups excluding carboxylic acids is 3. The van der Waals surface area contributed by atoms with E-state index in [4.69, 9.17) is 17.2 Å². The first-order valence-electron chi connectivity index (χ1n) is 13.0. The quantitative estimate of drug-likeness (QED) is 0.0551. The molecule has 1 heterocycles. The average Bonchev–Trinajstić information content (AvgIpc) is 3.30. The first-order chi connectivity index (χ1) is 18.9. The van der Waals surface area contributed by atoms with Crippen LogP contribution in [0.1, 0.15) is 38.7 Å². The van der Waals surface area contributed by atoms with Crippen molar-refractivity contribution in [2.45, 2.75) is 63.7 Å². The van der Waals surface area contributed by atoms with E-state index >= 15 is 0 Å². The number of nitrogens with two attached hydrogens (primary N) is 3. The van der Waals surface area contributed by atoms with Gasteiger partial charge in [0.15, 0.2) is 5.96 Å². The number of H-pyrrole nitrogens is 1. The number of hydrogen-bond acceptors (Lipinski definition) is 7. The van der Waals surface area contributed by atoms with E-state index in [2.05, 4.69) is 38.6 Å². The molecule has 0 saturated heterocycles. The second-order valence-corrected chi connectivity index (χ2v) is 10.3. The summed E-state index contributed by atoms with van der Waals surface area (Å²) >= 11 is 3.97. The van der Waals surface area contributed by atoms with Crippen molar-refractivity contribution in [1.82, 2.24) is 20.9 Å². The van der Waals surface area contributed by atoms with Gasteiger partial charge >= 0.3 is 5.97 Å². The Balaban J connectivity index is 2.16. The molecule has 3 amide bonds. The van der Waals surface area contributed by atoms with Crippen LogP contribution < -0.4 is 33.2 Å². The lowest BCUT2D eigenvalue weighted by atomic mass is 10.0. The minimum Gasteiger partial charge on any atom is -0.480 e. The predicted octanol–water partition coefficient (Wildman–Crippen LogP) is -0.394. The lowest BCUT2D eigenvalue weighted by Gasteiger charge is -2.26. The van der Waals surface area contributed by atoms with Crippen molar-refractivity contribution in [3.05, 3.63) is 36.0 Å². The molecule has 11 N–H and O–H groups in total. The number of thiol groups is 1. The average molecular weight is 577 g/mol. The third-order valence-corrected chi connectivity index (χ3v) is 6.53. The molecular weight excluding hydrogens is 536 g/mol. The standard InChI is InChI=1S/C26H40N8O5S/c1-14(2)10-20(24(37)34-21(13-40)25(38)39)33-23(36)19(8-5-9-30-26(28)29)32-22(35)17(27)11-15-12-31-18-7-4-3-6-16(15)18/h3-4,6-7,12,14,17,19-21,31,40H,5,8-11,13,27H2,1-2H3,(H,32,35)(H,33,36)(H,34,37)(H,38,39)(H4,28,29,30). The van der Waals surface area contributed by atoms with Crippen molar-refractivity contribution >= 4 is 53.2 Å². The molecule has 0 aliphatic carbocycles. The Morgan fingerprint density at radius 1 is 1.00 bits per heavy atom. The number of guanidine groups is 1. The lowest BCUT2D eigenvalue weighted by Crippen LogP contribution is -2.57. The maximum absolute atomic E-state index is 13.3. The Bertz CT molecular complexity index is 1200. The molecule has 0 aliphatic rings. The lowest BCUT2D eigenvalue weighted by molar-refractivity contribution is -0.141. The molecule has 0 fully saturated rings. The zero-order chi connectivity index (χ0) is 29.8. The van der Waals surface area contributed by atoms with Crippen LogP contribution in [-0.2, 0) is 25.6 Å². The number of carboxylic acid groups (broad SMARTS) is 1. The van der Waals surface area contributed by atoms with Crippen molar-refractivity contribution in [3.8, 4) is 0 Å². The van der Waals surface area contributed by atoms with Gasteiger partial charge < -0.3 is 43.2 Å². The van der Waals surface area contributed by atoms with Gasteiger partial charge in [-0.25, -0.2) is 4.79 Å². The van der Waals surface area contributed by atoms with Gasteiger partial charge in [0.1, 0.15) is 18.1 Å². The fraction of sp³-hybridized carbons (Fsp3) is 0.500. The Hall–Kier alpha value is -3.78. The summed E-state index contributed by atoms with van der Waals surface area (Å²) in [6.07, 6.45) is 2.79. The number of para-hydroxylation sites is 1. The number of aromatic amines is 1. The Kier molecular flexibility index (Phi) is 12.7. The molecule has 0 spiro atoms. The first kappa shape index (κ1) is 32.4. The molecule has 2 rings (SSSR count). The van der Waals surface area contributed by atoms with Crippen LogP contribution in [-0.4, -0.2) is 76.2 Å². The van der Waals surface area contributed by atoms with Crippen molar-refractivity contribution in [2.75, 3.05) is 12.3 Å². The minimum atomic E-state index is -1.24. The number of nitrogens with zero attached hydrogens (tertiary/aromatic N) is 1. The number of aliphatic imine (C=N–C) groups is 1. The minimum absolute atomic E-state index is 0.00478. The summed E-state index contributed by atoms with van der Waals surface area (Å²) in [5.41, 5.74) is 18.8. The summed E-state index contributed by atoms with van der Waals surface area (Å²) in [4.78, 5) is 57.7. The predicted molar refractivity (Wildman–Crippen MR) is 157 cm³/mol. The van der Waals surface area contributed by atoms with Crippen molar-refractivity contribution in [1.29, 1.82) is 0 Å². The van der Waals surface area contributed by atoms with Crippen LogP contribution in [0.25, 0.3) is 10.9 Å². The van der Waals surface area contributed by atoms with Crippen LogP contribution in [0.15, 0.2) is 35.5 Å². The van der Waals surface area contributed by atoms with Gasteiger partial charge in [0.2, 0.25) is 17.7 Å². The maximum atomic E-state index is 13.3. The number of benzene rings is 1. The third kappa shape index (κ3) is 10.1. The molecular formula is C26H40N8O5S. The van der Waals surface area contributed by atoms with Crippen LogP contribution in [0.5, 0.6) is 0 Å². The fourth-order valence-electron chi connectivity index (χ4n) is 4.11. The van der Waals surface area contributed by atoms with Gasteiger partial charge in [-0.05, 0) is 43.2 Å². The molecule has 0 saturated carbocycles. The van der Waals surface area contributed by atoms with Crippen LogP contribution in [0, 0.1) is 5.92 Å². The second kappa shape index (κ2) is 15.7. The summed E-state index contributed by atoms with van der Waals surface area (Å²) in [7, 11) is 0. The van der Waals surface area contributed by atoms with E-state index < -0.39 is 47.9 Å². The van der Waals surface area contributed by atoms with E-state index in [-0.39, 0.29) is 43.4 Å². The summed E-state index contributed by atoms with van der Waals surface area (Å²) in [6, 6.07) is 3.38. The van der Waals surface area contributed by atoms with Gasteiger partial charge in [0, 0.05) is 29.4 Å².